The highest BCUT2D eigenvalue weighted by Gasteiger charge is 2.23. The van der Waals surface area contributed by atoms with E-state index in [1.165, 1.54) is 6.08 Å². The molecule has 2 unspecified atom stereocenters. The number of likely N-dealkylation sites (tertiary alicyclic amines) is 1. The van der Waals surface area contributed by atoms with Gasteiger partial charge >= 0.3 is 0 Å². The molecule has 8 heteroatoms. The molecule has 0 spiro atoms. The first-order valence-corrected chi connectivity index (χ1v) is 10.4. The number of anilines is 1. The summed E-state index contributed by atoms with van der Waals surface area (Å²) in [5.74, 6) is 1.69. The van der Waals surface area contributed by atoms with Gasteiger partial charge in [-0.1, -0.05) is 23.7 Å². The van der Waals surface area contributed by atoms with E-state index in [4.69, 9.17) is 21.1 Å². The number of benzene rings is 1. The zero-order chi connectivity index (χ0) is 20.9. The van der Waals surface area contributed by atoms with Crippen molar-refractivity contribution in [2.24, 2.45) is 0 Å². The van der Waals surface area contributed by atoms with E-state index in [-0.39, 0.29) is 18.7 Å². The number of halogens is 1. The Kier molecular flexibility index (Phi) is 6.40. The van der Waals surface area contributed by atoms with Crippen molar-refractivity contribution in [3.05, 3.63) is 59.3 Å². The predicted octanol–water partition coefficient (Wildman–Crippen LogP) is 3.55. The number of pyridine rings is 1. The monoisotopic (exact) mass is 429 g/mol. The largest absolute Gasteiger partial charge is 0.454 e. The number of carbonyl (C=O) groups is 1. The molecular weight excluding hydrogens is 406 g/mol. The highest BCUT2D eigenvalue weighted by molar-refractivity contribution is 6.30. The molecule has 2 N–H and O–H groups in total. The number of nitrogens with zero attached hydrogens (tertiary/aromatic N) is 2. The first-order valence-electron chi connectivity index (χ1n) is 10.0. The molecule has 3 heterocycles. The minimum Gasteiger partial charge on any atom is -0.454 e. The Balaban J connectivity index is 1.54. The van der Waals surface area contributed by atoms with Crippen molar-refractivity contribution >= 4 is 23.3 Å². The maximum atomic E-state index is 12.5. The van der Waals surface area contributed by atoms with Gasteiger partial charge < -0.3 is 24.8 Å². The van der Waals surface area contributed by atoms with E-state index in [1.54, 1.807) is 29.3 Å². The lowest BCUT2D eigenvalue weighted by molar-refractivity contribution is -0.138. The van der Waals surface area contributed by atoms with Crippen molar-refractivity contribution in [1.29, 1.82) is 0 Å². The van der Waals surface area contributed by atoms with Crippen LogP contribution in [0.2, 0.25) is 5.02 Å². The van der Waals surface area contributed by atoms with E-state index in [1.807, 2.05) is 18.2 Å². The molecule has 1 aromatic heterocycles. The second-order valence-electron chi connectivity index (χ2n) is 7.31. The molecule has 1 fully saturated rings. The van der Waals surface area contributed by atoms with Gasteiger partial charge in [0.2, 0.25) is 6.79 Å². The minimum atomic E-state index is -1.19. The Hall–Kier alpha value is -2.77. The van der Waals surface area contributed by atoms with Crippen LogP contribution < -0.4 is 14.8 Å². The summed E-state index contributed by atoms with van der Waals surface area (Å²) in [6.45, 7) is 1.58. The number of hydrogen-bond donors (Lipinski definition) is 2. The standard InChI is InChI=1S/C22H24ClN3O4/c23-16-5-9-21(24-13-16)25-17(15-4-8-19-20(12-15)30-14-29-19)6-7-18(27)22(28)26-10-2-1-3-11-26/h4-9,12-13,17-18,27H,1-3,10-11,14H2,(H,24,25)/b7-6-. The van der Waals surface area contributed by atoms with Crippen LogP contribution in [0.5, 0.6) is 11.5 Å². The third-order valence-electron chi connectivity index (χ3n) is 5.19. The van der Waals surface area contributed by atoms with E-state index < -0.39 is 6.10 Å². The first-order chi connectivity index (χ1) is 14.6. The summed E-state index contributed by atoms with van der Waals surface area (Å²) < 4.78 is 10.9. The number of hydrogen-bond acceptors (Lipinski definition) is 6. The summed E-state index contributed by atoms with van der Waals surface area (Å²) in [6, 6.07) is 8.78. The number of nitrogens with one attached hydrogen (secondary N) is 1. The van der Waals surface area contributed by atoms with E-state index in [9.17, 15) is 9.90 Å². The molecule has 0 radical (unpaired) electrons. The topological polar surface area (TPSA) is 83.9 Å². The average Bonchev–Trinajstić information content (AvgIpc) is 3.25. The van der Waals surface area contributed by atoms with Crippen molar-refractivity contribution in [2.45, 2.75) is 31.4 Å². The third kappa shape index (κ3) is 4.86. The molecule has 2 aromatic rings. The number of piperidine rings is 1. The van der Waals surface area contributed by atoms with Crippen molar-refractivity contribution in [3.8, 4) is 11.5 Å². The predicted molar refractivity (Wildman–Crippen MR) is 114 cm³/mol. The minimum absolute atomic E-state index is 0.189. The lowest BCUT2D eigenvalue weighted by atomic mass is 10.0. The van der Waals surface area contributed by atoms with Crippen LogP contribution in [0.15, 0.2) is 48.7 Å². The molecule has 1 amide bonds. The fourth-order valence-corrected chi connectivity index (χ4v) is 3.68. The first kappa shape index (κ1) is 20.5. The van der Waals surface area contributed by atoms with Gasteiger partial charge in [-0.15, -0.1) is 0 Å². The van der Waals surface area contributed by atoms with Crippen molar-refractivity contribution < 1.29 is 19.4 Å². The number of carbonyl (C=O) groups excluding carboxylic acids is 1. The number of rotatable bonds is 6. The molecule has 7 nitrogen and oxygen atoms in total. The molecule has 0 bridgehead atoms. The summed E-state index contributed by atoms with van der Waals surface area (Å²) in [5, 5.41) is 14.3. The summed E-state index contributed by atoms with van der Waals surface area (Å²) >= 11 is 5.93. The Morgan fingerprint density at radius 3 is 2.70 bits per heavy atom. The molecule has 2 aliphatic heterocycles. The normalized spacial score (nSPS) is 17.7. The van der Waals surface area contributed by atoms with Crippen LogP contribution in [0.3, 0.4) is 0 Å². The van der Waals surface area contributed by atoms with Gasteiger partial charge in [0, 0.05) is 19.3 Å². The lowest BCUT2D eigenvalue weighted by Gasteiger charge is -2.28. The molecule has 1 saturated heterocycles. The number of ether oxygens (including phenoxy) is 2. The quantitative estimate of drug-likeness (QED) is 0.683. The second kappa shape index (κ2) is 9.36. The van der Waals surface area contributed by atoms with Crippen LogP contribution in [-0.4, -0.2) is 46.9 Å². The molecule has 2 atom stereocenters. The van der Waals surface area contributed by atoms with Gasteiger partial charge in [-0.2, -0.15) is 0 Å². The highest BCUT2D eigenvalue weighted by atomic mass is 35.5. The Bertz CT molecular complexity index is 913. The highest BCUT2D eigenvalue weighted by Crippen LogP contribution is 2.35. The summed E-state index contributed by atoms with van der Waals surface area (Å²) in [7, 11) is 0. The molecule has 1 aromatic carbocycles. The van der Waals surface area contributed by atoms with Crippen LogP contribution in [0.25, 0.3) is 0 Å². The van der Waals surface area contributed by atoms with E-state index in [0.717, 1.165) is 24.8 Å². The van der Waals surface area contributed by atoms with Crippen molar-refractivity contribution in [3.63, 3.8) is 0 Å². The van der Waals surface area contributed by atoms with E-state index >= 15 is 0 Å². The van der Waals surface area contributed by atoms with Gasteiger partial charge in [0.25, 0.3) is 5.91 Å². The molecule has 2 aliphatic rings. The summed E-state index contributed by atoms with van der Waals surface area (Å²) in [5.41, 5.74) is 0.880. The Labute approximate surface area is 180 Å². The van der Waals surface area contributed by atoms with Gasteiger partial charge in [-0.25, -0.2) is 4.98 Å². The van der Waals surface area contributed by atoms with Gasteiger partial charge in [0.05, 0.1) is 11.1 Å². The molecule has 0 aliphatic carbocycles. The maximum absolute atomic E-state index is 12.5. The van der Waals surface area contributed by atoms with E-state index in [2.05, 4.69) is 10.3 Å². The number of amides is 1. The van der Waals surface area contributed by atoms with Crippen LogP contribution in [-0.2, 0) is 4.79 Å². The fraction of sp³-hybridized carbons (Fsp3) is 0.364. The third-order valence-corrected chi connectivity index (χ3v) is 5.42. The van der Waals surface area contributed by atoms with Crippen molar-refractivity contribution in [2.75, 3.05) is 25.2 Å². The molecule has 30 heavy (non-hydrogen) atoms. The fourth-order valence-electron chi connectivity index (χ4n) is 3.57. The summed E-state index contributed by atoms with van der Waals surface area (Å²) in [4.78, 5) is 18.5. The molecular formula is C22H24ClN3O4. The number of aliphatic hydroxyl groups is 1. The number of aromatic nitrogens is 1. The Morgan fingerprint density at radius 2 is 1.93 bits per heavy atom. The van der Waals surface area contributed by atoms with Crippen LogP contribution in [0.1, 0.15) is 30.9 Å². The van der Waals surface area contributed by atoms with Gasteiger partial charge in [-0.05, 0) is 55.2 Å². The zero-order valence-corrected chi connectivity index (χ0v) is 17.2. The van der Waals surface area contributed by atoms with Gasteiger partial charge in [0.15, 0.2) is 17.6 Å². The van der Waals surface area contributed by atoms with E-state index in [0.29, 0.717) is 35.4 Å². The molecule has 158 valence electrons. The van der Waals surface area contributed by atoms with Crippen LogP contribution in [0.4, 0.5) is 5.82 Å². The smallest absolute Gasteiger partial charge is 0.255 e. The maximum Gasteiger partial charge on any atom is 0.255 e. The lowest BCUT2D eigenvalue weighted by Crippen LogP contribution is -2.41. The second-order valence-corrected chi connectivity index (χ2v) is 7.75. The molecule has 0 saturated carbocycles. The van der Waals surface area contributed by atoms with Crippen LogP contribution >= 0.6 is 11.6 Å². The number of aliphatic hydroxyl groups excluding tert-OH is 1. The average molecular weight is 430 g/mol. The van der Waals surface area contributed by atoms with Gasteiger partial charge in [0.1, 0.15) is 5.82 Å². The van der Waals surface area contributed by atoms with Crippen LogP contribution in [0, 0.1) is 0 Å². The van der Waals surface area contributed by atoms with Gasteiger partial charge in [-0.3, -0.25) is 4.79 Å². The zero-order valence-electron chi connectivity index (χ0n) is 16.5. The SMILES string of the molecule is O=C(C(O)/C=C\C(Nc1ccc(Cl)cn1)c1ccc2c(c1)OCO2)N1CCCCC1. The molecule has 4 rings (SSSR count). The Morgan fingerprint density at radius 1 is 1.13 bits per heavy atom. The number of fused-ring (bicyclic) bond motifs is 1. The summed E-state index contributed by atoms with van der Waals surface area (Å²) in [6.07, 6.45) is 6.73. The van der Waals surface area contributed by atoms with Crippen molar-refractivity contribution in [1.82, 2.24) is 9.88 Å².